The Morgan fingerprint density at radius 1 is 1.23 bits per heavy atom. The molecule has 0 aliphatic carbocycles. The van der Waals surface area contributed by atoms with Crippen molar-refractivity contribution in [1.82, 2.24) is 9.78 Å². The predicted molar refractivity (Wildman–Crippen MR) is 91.3 cm³/mol. The van der Waals surface area contributed by atoms with Crippen LogP contribution in [0.1, 0.15) is 40.5 Å². The number of thioether (sulfide) groups is 1. The molecule has 1 aromatic heterocycles. The van der Waals surface area contributed by atoms with Crippen molar-refractivity contribution in [2.75, 3.05) is 11.5 Å². The van der Waals surface area contributed by atoms with E-state index in [1.165, 1.54) is 0 Å². The van der Waals surface area contributed by atoms with Gasteiger partial charge in [0.15, 0.2) is 0 Å². The third-order valence-corrected chi connectivity index (χ3v) is 6.14. The molecule has 4 nitrogen and oxygen atoms in total. The number of hydrogen-bond acceptors (Lipinski definition) is 4. The number of aromatic nitrogens is 2. The molecule has 3 rings (SSSR count). The Bertz CT molecular complexity index is 584. The Balaban J connectivity index is 1.85. The molecule has 6 heteroatoms. The molecule has 2 saturated heterocycles. The molecule has 2 aliphatic rings. The summed E-state index contributed by atoms with van der Waals surface area (Å²) in [5, 5.41) is 4.53. The molecular weight excluding hydrogens is 295 g/mol. The molecule has 0 saturated carbocycles. The lowest BCUT2D eigenvalue weighted by atomic mass is 9.81. The highest BCUT2D eigenvalue weighted by atomic mass is 32.2. The summed E-state index contributed by atoms with van der Waals surface area (Å²) in [4.78, 5) is 0. The molecule has 3 heterocycles. The van der Waals surface area contributed by atoms with Crippen LogP contribution in [0.3, 0.4) is 0 Å². The number of hydrogen-bond donors (Lipinski definition) is 0. The van der Waals surface area contributed by atoms with Crippen LogP contribution in [-0.2, 0) is 14.8 Å². The van der Waals surface area contributed by atoms with E-state index < -0.39 is 0 Å². The second-order valence-electron chi connectivity index (χ2n) is 7.09. The van der Waals surface area contributed by atoms with Gasteiger partial charge < -0.3 is 9.31 Å². The molecule has 0 aromatic carbocycles. The van der Waals surface area contributed by atoms with Crippen molar-refractivity contribution in [2.24, 2.45) is 0 Å². The van der Waals surface area contributed by atoms with Crippen LogP contribution in [0.4, 0.5) is 0 Å². The van der Waals surface area contributed by atoms with Crippen LogP contribution >= 0.6 is 11.8 Å². The topological polar surface area (TPSA) is 36.3 Å². The average molecular weight is 318 g/mol. The predicted octanol–water partition coefficient (Wildman–Crippen LogP) is 2.04. The van der Waals surface area contributed by atoms with Gasteiger partial charge in [-0.25, -0.2) is 0 Å². The van der Waals surface area contributed by atoms with E-state index in [1.54, 1.807) is 0 Å². The van der Waals surface area contributed by atoms with Crippen molar-refractivity contribution in [1.29, 1.82) is 0 Å². The Morgan fingerprint density at radius 2 is 1.82 bits per heavy atom. The van der Waals surface area contributed by atoms with E-state index in [-0.39, 0.29) is 23.9 Å². The molecule has 0 radical (unpaired) electrons. The summed E-state index contributed by atoms with van der Waals surface area (Å²) in [5.41, 5.74) is -0.0463. The number of rotatable bonds is 2. The Hall–Kier alpha value is -0.895. The van der Waals surface area contributed by atoms with Gasteiger partial charge in [0.1, 0.15) is 5.54 Å². The van der Waals surface area contributed by atoms with Crippen LogP contribution in [0.2, 0.25) is 0 Å². The van der Waals surface area contributed by atoms with Crippen LogP contribution < -0.4 is 5.46 Å². The van der Waals surface area contributed by atoms with Gasteiger partial charge in [0, 0.05) is 17.9 Å². The summed E-state index contributed by atoms with van der Waals surface area (Å²) in [6.07, 6.45) is 11.6. The molecule has 118 valence electrons. The summed E-state index contributed by atoms with van der Waals surface area (Å²) in [6, 6.07) is 0. The Morgan fingerprint density at radius 3 is 2.36 bits per heavy atom. The standard InChI is InChI=1S/C16H23BN2O2S/c1-6-16(7-9-22-10-8-16)19-12-13(11-18-19)17-20-14(2,3)15(4,5)21-17/h1,11-12H,7-10H2,2-5H3. The third-order valence-electron chi connectivity index (χ3n) is 5.16. The van der Waals surface area contributed by atoms with Crippen molar-refractivity contribution in [3.8, 4) is 12.3 Å². The second kappa shape index (κ2) is 5.33. The summed E-state index contributed by atoms with van der Waals surface area (Å²) in [5.74, 6) is 5.13. The minimum Gasteiger partial charge on any atom is -0.399 e. The summed E-state index contributed by atoms with van der Waals surface area (Å²) >= 11 is 1.95. The molecule has 2 aliphatic heterocycles. The normalized spacial score (nSPS) is 25.9. The molecule has 0 bridgehead atoms. The van der Waals surface area contributed by atoms with E-state index in [9.17, 15) is 0 Å². The van der Waals surface area contributed by atoms with Crippen molar-refractivity contribution >= 4 is 24.3 Å². The zero-order valence-corrected chi connectivity index (χ0v) is 14.6. The molecule has 2 fully saturated rings. The monoisotopic (exact) mass is 318 g/mol. The highest BCUT2D eigenvalue weighted by molar-refractivity contribution is 7.99. The lowest BCUT2D eigenvalue weighted by Crippen LogP contribution is -2.41. The first-order chi connectivity index (χ1) is 10.3. The summed E-state index contributed by atoms with van der Waals surface area (Å²) in [6.45, 7) is 8.22. The first kappa shape index (κ1) is 16.0. The summed E-state index contributed by atoms with van der Waals surface area (Å²) < 4.78 is 14.1. The fourth-order valence-electron chi connectivity index (χ4n) is 2.82. The van der Waals surface area contributed by atoms with Gasteiger partial charge in [0.05, 0.1) is 11.2 Å². The van der Waals surface area contributed by atoms with E-state index in [2.05, 4.69) is 38.7 Å². The Labute approximate surface area is 137 Å². The molecule has 1 aromatic rings. The summed E-state index contributed by atoms with van der Waals surface area (Å²) in [7, 11) is -0.383. The van der Waals surface area contributed by atoms with Gasteiger partial charge in [-0.3, -0.25) is 4.68 Å². The maximum absolute atomic E-state index is 6.09. The first-order valence-electron chi connectivity index (χ1n) is 7.76. The molecule has 0 N–H and O–H groups in total. The molecule has 0 spiro atoms. The van der Waals surface area contributed by atoms with Crippen LogP contribution in [0.25, 0.3) is 0 Å². The molecule has 22 heavy (non-hydrogen) atoms. The zero-order chi connectivity index (χ0) is 16.0. The van der Waals surface area contributed by atoms with E-state index in [1.807, 2.05) is 28.8 Å². The first-order valence-corrected chi connectivity index (χ1v) is 8.91. The number of nitrogens with zero attached hydrogens (tertiary/aromatic N) is 2. The second-order valence-corrected chi connectivity index (χ2v) is 8.32. The highest BCUT2D eigenvalue weighted by Gasteiger charge is 2.52. The lowest BCUT2D eigenvalue weighted by molar-refractivity contribution is 0.00578. The van der Waals surface area contributed by atoms with Crippen LogP contribution in [0.15, 0.2) is 12.4 Å². The van der Waals surface area contributed by atoms with Gasteiger partial charge in [-0.2, -0.15) is 16.9 Å². The van der Waals surface area contributed by atoms with E-state index >= 15 is 0 Å². The van der Waals surface area contributed by atoms with Gasteiger partial charge >= 0.3 is 7.12 Å². The third kappa shape index (κ3) is 2.49. The largest absolute Gasteiger partial charge is 0.498 e. The van der Waals surface area contributed by atoms with Crippen LogP contribution in [-0.4, -0.2) is 39.6 Å². The van der Waals surface area contributed by atoms with Gasteiger partial charge in [0.25, 0.3) is 0 Å². The SMILES string of the molecule is C#CC1(n2cc(B3OC(C)(C)C(C)(C)O3)cn2)CCSCC1. The van der Waals surface area contributed by atoms with E-state index in [0.29, 0.717) is 0 Å². The fourth-order valence-corrected chi connectivity index (χ4v) is 3.99. The fraction of sp³-hybridized carbons (Fsp3) is 0.688. The lowest BCUT2D eigenvalue weighted by Gasteiger charge is -2.32. The minimum atomic E-state index is -0.383. The van der Waals surface area contributed by atoms with Crippen molar-refractivity contribution in [3.63, 3.8) is 0 Å². The van der Waals surface area contributed by atoms with Crippen molar-refractivity contribution < 1.29 is 9.31 Å². The minimum absolute atomic E-state index is 0.298. The van der Waals surface area contributed by atoms with Gasteiger partial charge in [-0.05, 0) is 52.0 Å². The maximum Gasteiger partial charge on any atom is 0.498 e. The number of terminal acetylenes is 1. The van der Waals surface area contributed by atoms with Gasteiger partial charge in [0.2, 0.25) is 0 Å². The molecule has 0 amide bonds. The molecular formula is C16H23BN2O2S. The van der Waals surface area contributed by atoms with E-state index in [4.69, 9.17) is 15.7 Å². The van der Waals surface area contributed by atoms with E-state index in [0.717, 1.165) is 29.8 Å². The highest BCUT2D eigenvalue weighted by Crippen LogP contribution is 2.37. The molecule has 0 unspecified atom stereocenters. The van der Waals surface area contributed by atoms with Gasteiger partial charge in [-0.1, -0.05) is 5.92 Å². The van der Waals surface area contributed by atoms with Crippen molar-refractivity contribution in [3.05, 3.63) is 12.4 Å². The maximum atomic E-state index is 6.09. The Kier molecular flexibility index (Phi) is 3.87. The van der Waals surface area contributed by atoms with Crippen LogP contribution in [0, 0.1) is 12.3 Å². The van der Waals surface area contributed by atoms with Gasteiger partial charge in [-0.15, -0.1) is 6.42 Å². The quantitative estimate of drug-likeness (QED) is 0.618. The average Bonchev–Trinajstić information content (AvgIpc) is 3.04. The van der Waals surface area contributed by atoms with Crippen LogP contribution in [0.5, 0.6) is 0 Å². The van der Waals surface area contributed by atoms with Crippen molar-refractivity contribution in [2.45, 2.75) is 57.3 Å². The molecule has 0 atom stereocenters. The zero-order valence-electron chi connectivity index (χ0n) is 13.8. The smallest absolute Gasteiger partial charge is 0.399 e.